The molecular formula is C14H20BrN5O. The van der Waals surface area contributed by atoms with Gasteiger partial charge in [-0.3, -0.25) is 16.0 Å². The Labute approximate surface area is 132 Å². The fourth-order valence-electron chi connectivity index (χ4n) is 2.33. The van der Waals surface area contributed by atoms with Crippen LogP contribution in [0, 0.1) is 0 Å². The number of aromatic nitrogens is 3. The molecule has 2 rings (SSSR count). The predicted octanol–water partition coefficient (Wildman–Crippen LogP) is 1.90. The van der Waals surface area contributed by atoms with E-state index in [4.69, 9.17) is 10.6 Å². The highest BCUT2D eigenvalue weighted by Crippen LogP contribution is 2.29. The molecule has 0 spiro atoms. The van der Waals surface area contributed by atoms with Gasteiger partial charge in [0, 0.05) is 25.2 Å². The molecule has 114 valence electrons. The van der Waals surface area contributed by atoms with Crippen molar-refractivity contribution in [1.82, 2.24) is 20.2 Å². The maximum absolute atomic E-state index is 5.74. The lowest BCUT2D eigenvalue weighted by atomic mass is 10.0. The molecule has 2 aromatic heterocycles. The van der Waals surface area contributed by atoms with E-state index in [9.17, 15) is 0 Å². The molecule has 0 radical (unpaired) electrons. The van der Waals surface area contributed by atoms with E-state index in [0.717, 1.165) is 27.8 Å². The average Bonchev–Trinajstić information content (AvgIpc) is 2.79. The van der Waals surface area contributed by atoms with Crippen LogP contribution < -0.4 is 16.0 Å². The monoisotopic (exact) mass is 353 g/mol. The van der Waals surface area contributed by atoms with Gasteiger partial charge in [-0.25, -0.2) is 4.98 Å². The van der Waals surface area contributed by atoms with Crippen molar-refractivity contribution in [3.8, 4) is 5.88 Å². The van der Waals surface area contributed by atoms with Crippen LogP contribution in [0.15, 0.2) is 22.8 Å². The van der Waals surface area contributed by atoms with Crippen molar-refractivity contribution < 1.29 is 4.74 Å². The summed E-state index contributed by atoms with van der Waals surface area (Å²) in [6, 6.07) is 3.73. The quantitative estimate of drug-likeness (QED) is 0.612. The maximum Gasteiger partial charge on any atom is 0.217 e. The van der Waals surface area contributed by atoms with Gasteiger partial charge < -0.3 is 4.74 Å². The number of ether oxygens (including phenoxy) is 1. The molecule has 0 aromatic carbocycles. The van der Waals surface area contributed by atoms with Crippen LogP contribution >= 0.6 is 15.9 Å². The van der Waals surface area contributed by atoms with Gasteiger partial charge in [-0.1, -0.05) is 13.0 Å². The third-order valence-corrected chi connectivity index (χ3v) is 4.39. The van der Waals surface area contributed by atoms with Crippen LogP contribution in [-0.2, 0) is 19.9 Å². The Morgan fingerprint density at radius 3 is 2.86 bits per heavy atom. The van der Waals surface area contributed by atoms with E-state index in [1.54, 1.807) is 13.3 Å². The summed E-state index contributed by atoms with van der Waals surface area (Å²) in [6.07, 6.45) is 3.26. The lowest BCUT2D eigenvalue weighted by Crippen LogP contribution is -2.30. The van der Waals surface area contributed by atoms with Gasteiger partial charge in [0.05, 0.1) is 29.0 Å². The second-order valence-electron chi connectivity index (χ2n) is 4.71. The predicted molar refractivity (Wildman–Crippen MR) is 84.8 cm³/mol. The summed E-state index contributed by atoms with van der Waals surface area (Å²) in [4.78, 5) is 4.22. The number of rotatable bonds is 6. The van der Waals surface area contributed by atoms with Crippen LogP contribution in [0.2, 0.25) is 0 Å². The largest absolute Gasteiger partial charge is 0.481 e. The van der Waals surface area contributed by atoms with Crippen molar-refractivity contribution in [3.63, 3.8) is 0 Å². The molecule has 0 aliphatic heterocycles. The highest BCUT2D eigenvalue weighted by atomic mass is 79.9. The Bertz CT molecular complexity index is 613. The molecule has 0 fully saturated rings. The van der Waals surface area contributed by atoms with Gasteiger partial charge >= 0.3 is 0 Å². The number of hydrazine groups is 1. The number of hydrogen-bond acceptors (Lipinski definition) is 5. The molecule has 7 heteroatoms. The second kappa shape index (κ2) is 7.02. The molecule has 0 bridgehead atoms. The first kappa shape index (κ1) is 15.9. The van der Waals surface area contributed by atoms with Crippen LogP contribution in [0.4, 0.5) is 0 Å². The average molecular weight is 354 g/mol. The number of nitrogens with zero attached hydrogens (tertiary/aromatic N) is 3. The van der Waals surface area contributed by atoms with E-state index in [1.807, 2.05) is 23.9 Å². The van der Waals surface area contributed by atoms with Crippen LogP contribution in [0.3, 0.4) is 0 Å². The minimum Gasteiger partial charge on any atom is -0.481 e. The number of aryl methyl sites for hydroxylation is 2. The van der Waals surface area contributed by atoms with Crippen molar-refractivity contribution in [2.45, 2.75) is 25.8 Å². The normalized spacial score (nSPS) is 12.4. The second-order valence-corrected chi connectivity index (χ2v) is 5.50. The lowest BCUT2D eigenvalue weighted by Gasteiger charge is -2.18. The van der Waals surface area contributed by atoms with Crippen LogP contribution in [-0.4, -0.2) is 21.9 Å². The molecule has 0 aliphatic carbocycles. The zero-order chi connectivity index (χ0) is 15.4. The van der Waals surface area contributed by atoms with Crippen molar-refractivity contribution in [2.75, 3.05) is 7.11 Å². The molecule has 0 saturated heterocycles. The van der Waals surface area contributed by atoms with Crippen molar-refractivity contribution in [3.05, 3.63) is 39.8 Å². The molecule has 2 heterocycles. The fraction of sp³-hybridized carbons (Fsp3) is 0.429. The summed E-state index contributed by atoms with van der Waals surface area (Å²) < 4.78 is 8.23. The topological polar surface area (TPSA) is 78.0 Å². The molecule has 1 atom stereocenters. The van der Waals surface area contributed by atoms with Crippen LogP contribution in [0.25, 0.3) is 0 Å². The smallest absolute Gasteiger partial charge is 0.217 e. The molecule has 2 aromatic rings. The molecule has 0 saturated carbocycles. The van der Waals surface area contributed by atoms with E-state index in [-0.39, 0.29) is 6.04 Å². The Balaban J connectivity index is 2.34. The Morgan fingerprint density at radius 1 is 1.52 bits per heavy atom. The van der Waals surface area contributed by atoms with E-state index in [0.29, 0.717) is 12.3 Å². The highest BCUT2D eigenvalue weighted by molar-refractivity contribution is 9.10. The molecule has 0 aliphatic rings. The number of nitrogens with one attached hydrogen (secondary N) is 1. The van der Waals surface area contributed by atoms with Gasteiger partial charge in [0.2, 0.25) is 5.88 Å². The molecule has 0 amide bonds. The minimum atomic E-state index is -0.106. The SMILES string of the molecule is CCc1nn(C)c(CC(NN)c2cccnc2OC)c1Br. The van der Waals surface area contributed by atoms with Gasteiger partial charge in [0.25, 0.3) is 0 Å². The molecule has 1 unspecified atom stereocenters. The van der Waals surface area contributed by atoms with Crippen molar-refractivity contribution in [1.29, 1.82) is 0 Å². The number of nitrogens with two attached hydrogens (primary N) is 1. The van der Waals surface area contributed by atoms with Crippen LogP contribution in [0.5, 0.6) is 5.88 Å². The third kappa shape index (κ3) is 3.25. The Kier molecular flexibility index (Phi) is 5.33. The first-order valence-corrected chi connectivity index (χ1v) is 7.56. The number of hydrogen-bond donors (Lipinski definition) is 2. The maximum atomic E-state index is 5.74. The number of halogens is 1. The molecule has 6 nitrogen and oxygen atoms in total. The fourth-order valence-corrected chi connectivity index (χ4v) is 3.11. The van der Waals surface area contributed by atoms with E-state index >= 15 is 0 Å². The van der Waals surface area contributed by atoms with Gasteiger partial charge in [-0.05, 0) is 28.4 Å². The van der Waals surface area contributed by atoms with Crippen molar-refractivity contribution in [2.24, 2.45) is 12.9 Å². The Morgan fingerprint density at radius 2 is 2.29 bits per heavy atom. The van der Waals surface area contributed by atoms with Gasteiger partial charge in [-0.15, -0.1) is 0 Å². The molecule has 21 heavy (non-hydrogen) atoms. The number of methoxy groups -OCH3 is 1. The summed E-state index contributed by atoms with van der Waals surface area (Å²) in [5.74, 6) is 6.32. The number of pyridine rings is 1. The summed E-state index contributed by atoms with van der Waals surface area (Å²) >= 11 is 3.63. The minimum absolute atomic E-state index is 0.106. The van der Waals surface area contributed by atoms with E-state index in [1.165, 1.54) is 0 Å². The van der Waals surface area contributed by atoms with E-state index in [2.05, 4.69) is 38.4 Å². The first-order chi connectivity index (χ1) is 10.1. The summed E-state index contributed by atoms with van der Waals surface area (Å²) in [5, 5.41) is 4.51. The molecule has 3 N–H and O–H groups in total. The molecular weight excluding hydrogens is 334 g/mol. The standard InChI is InChI=1S/C14H20BrN5O/c1-4-10-13(15)12(20(2)19-10)8-11(18-16)9-6-5-7-17-14(9)21-3/h5-7,11,18H,4,8,16H2,1-3H3. The van der Waals surface area contributed by atoms with Crippen LogP contribution in [0.1, 0.15) is 29.9 Å². The van der Waals surface area contributed by atoms with Gasteiger partial charge in [0.15, 0.2) is 0 Å². The summed E-state index contributed by atoms with van der Waals surface area (Å²) in [5.41, 5.74) is 5.89. The lowest BCUT2D eigenvalue weighted by molar-refractivity contribution is 0.381. The van der Waals surface area contributed by atoms with E-state index < -0.39 is 0 Å². The van der Waals surface area contributed by atoms with Crippen molar-refractivity contribution >= 4 is 15.9 Å². The summed E-state index contributed by atoms with van der Waals surface area (Å²) in [6.45, 7) is 2.08. The first-order valence-electron chi connectivity index (χ1n) is 6.77. The van der Waals surface area contributed by atoms with Gasteiger partial charge in [0.1, 0.15) is 0 Å². The third-order valence-electron chi connectivity index (χ3n) is 3.47. The zero-order valence-corrected chi connectivity index (χ0v) is 14.0. The highest BCUT2D eigenvalue weighted by Gasteiger charge is 2.21. The zero-order valence-electron chi connectivity index (χ0n) is 12.4. The van der Waals surface area contributed by atoms with Gasteiger partial charge in [-0.2, -0.15) is 5.10 Å². The Hall–Kier alpha value is -1.44. The summed E-state index contributed by atoms with van der Waals surface area (Å²) in [7, 11) is 3.54.